The molecule has 2 saturated carbocycles. The zero-order chi connectivity index (χ0) is 33.3. The molecular weight excluding hydrogens is 588 g/mol. The molecule has 1 amide bonds. The van der Waals surface area contributed by atoms with Gasteiger partial charge in [-0.25, -0.2) is 4.79 Å². The molecule has 6 rings (SSSR count). The highest BCUT2D eigenvalue weighted by molar-refractivity contribution is 6.10. The Hall–Kier alpha value is -4.28. The van der Waals surface area contributed by atoms with Gasteiger partial charge in [0.15, 0.2) is 17.5 Å². The van der Waals surface area contributed by atoms with E-state index in [1.807, 2.05) is 6.92 Å². The van der Waals surface area contributed by atoms with Crippen molar-refractivity contribution in [1.82, 2.24) is 0 Å². The van der Waals surface area contributed by atoms with Crippen molar-refractivity contribution in [3.63, 3.8) is 0 Å². The van der Waals surface area contributed by atoms with Gasteiger partial charge < -0.3 is 30.7 Å². The Balaban J connectivity index is 1.45. The summed E-state index contributed by atoms with van der Waals surface area (Å²) in [5, 5.41) is 27.3. The number of amides is 1. The van der Waals surface area contributed by atoms with Crippen LogP contribution in [-0.4, -0.2) is 58.3 Å². The molecule has 8 atom stereocenters. The van der Waals surface area contributed by atoms with Gasteiger partial charge in [-0.1, -0.05) is 57.2 Å². The van der Waals surface area contributed by atoms with Crippen LogP contribution in [0.5, 0.6) is 0 Å². The third-order valence-electron chi connectivity index (χ3n) is 11.0. The summed E-state index contributed by atoms with van der Waals surface area (Å²) in [5.74, 6) is -3.23. The highest BCUT2D eigenvalue weighted by atomic mass is 16.6. The van der Waals surface area contributed by atoms with Crippen molar-refractivity contribution >= 4 is 35.0 Å². The number of rotatable bonds is 6. The van der Waals surface area contributed by atoms with Crippen molar-refractivity contribution in [3.8, 4) is 0 Å². The van der Waals surface area contributed by atoms with Gasteiger partial charge >= 0.3 is 11.9 Å². The average molecular weight is 629 g/mol. The molecule has 2 aromatic rings. The van der Waals surface area contributed by atoms with Gasteiger partial charge in [0, 0.05) is 24.1 Å². The number of Topliss-reactive ketones (excluding diaryl/α,β-unsaturated/α-hetero) is 1. The Bertz CT molecular complexity index is 1710. The molecule has 5 N–H and O–H groups in total. The van der Waals surface area contributed by atoms with E-state index in [0.717, 1.165) is 0 Å². The highest BCUT2D eigenvalue weighted by Gasteiger charge is 2.76. The standard InChI is InChI=1S/C36H40N2O8/c1-18-16-35-19(2)14-25-28(34(25,4)5)24(30(35)41)15-21(17-45-20(3)39)31(36(35,44)29(18)40)46-33(43)23-11-7-9-13-27(23)38-32(42)22-10-6-8-12-26(22)37/h6-13,15-16,19,24-25,28-29,31,40,44H,14,17,37H2,1-5H3,(H,38,42)/t19-,24+,25-,28+,29+,31-,35+,36-/m1/s1. The number of nitrogen functional groups attached to an aromatic ring is 1. The molecular formula is C36H40N2O8. The molecule has 10 heteroatoms. The molecule has 2 bridgehead atoms. The van der Waals surface area contributed by atoms with Gasteiger partial charge in [-0.3, -0.25) is 14.4 Å². The number of anilines is 2. The lowest BCUT2D eigenvalue weighted by Gasteiger charge is -2.49. The van der Waals surface area contributed by atoms with Crippen molar-refractivity contribution in [1.29, 1.82) is 0 Å². The summed E-state index contributed by atoms with van der Waals surface area (Å²) in [4.78, 5) is 54.0. The molecule has 4 aliphatic rings. The predicted octanol–water partition coefficient (Wildman–Crippen LogP) is 4.09. The molecule has 0 aliphatic heterocycles. The van der Waals surface area contributed by atoms with E-state index in [1.54, 1.807) is 55.5 Å². The number of ether oxygens (including phenoxy) is 2. The van der Waals surface area contributed by atoms with Crippen molar-refractivity contribution in [2.75, 3.05) is 17.7 Å². The van der Waals surface area contributed by atoms with Crippen molar-refractivity contribution < 1.29 is 38.9 Å². The minimum Gasteiger partial charge on any atom is -0.461 e. The fraction of sp³-hybridized carbons (Fsp3) is 0.444. The number of carbonyl (C=O) groups excluding carboxylic acids is 4. The first kappa shape index (κ1) is 31.7. The van der Waals surface area contributed by atoms with E-state index in [1.165, 1.54) is 19.1 Å². The van der Waals surface area contributed by atoms with Gasteiger partial charge in [-0.05, 0) is 66.4 Å². The van der Waals surface area contributed by atoms with Gasteiger partial charge in [-0.2, -0.15) is 0 Å². The SMILES string of the molecule is CC(=O)OCC1=C[C@@H]2C(=O)[C@]3(C=C(C)[C@H](O)[C@@]3(O)[C@@H]1OC(=O)c1ccccc1NC(=O)c1ccccc1N)[C@H](C)C[C@@H]1[C@H]2C1(C)C. The zero-order valence-electron chi connectivity index (χ0n) is 26.6. The van der Waals surface area contributed by atoms with Crippen LogP contribution in [0.25, 0.3) is 0 Å². The maximum absolute atomic E-state index is 14.7. The van der Waals surface area contributed by atoms with Gasteiger partial charge in [0.25, 0.3) is 5.91 Å². The summed E-state index contributed by atoms with van der Waals surface area (Å²) in [6, 6.07) is 12.7. The molecule has 0 heterocycles. The van der Waals surface area contributed by atoms with E-state index in [4.69, 9.17) is 15.2 Å². The summed E-state index contributed by atoms with van der Waals surface area (Å²) in [6.45, 7) is 8.65. The lowest BCUT2D eigenvalue weighted by atomic mass is 9.59. The zero-order valence-corrected chi connectivity index (χ0v) is 26.6. The molecule has 46 heavy (non-hydrogen) atoms. The second-order valence-electron chi connectivity index (χ2n) is 13.9. The monoisotopic (exact) mass is 628 g/mol. The number of nitrogens with two attached hydrogens (primary N) is 1. The van der Waals surface area contributed by atoms with Gasteiger partial charge in [0.1, 0.15) is 12.7 Å². The Labute approximate surface area is 267 Å². The van der Waals surface area contributed by atoms with Gasteiger partial charge in [0.2, 0.25) is 0 Å². The smallest absolute Gasteiger partial charge is 0.340 e. The number of ketones is 1. The fourth-order valence-electron chi connectivity index (χ4n) is 8.58. The van der Waals surface area contributed by atoms with Crippen LogP contribution in [0.4, 0.5) is 11.4 Å². The van der Waals surface area contributed by atoms with Crippen molar-refractivity contribution in [2.45, 2.75) is 58.8 Å². The second-order valence-corrected chi connectivity index (χ2v) is 13.9. The molecule has 242 valence electrons. The Morgan fingerprint density at radius 1 is 1.07 bits per heavy atom. The number of nitrogens with one attached hydrogen (secondary N) is 1. The Kier molecular flexibility index (Phi) is 7.52. The number of hydrogen-bond donors (Lipinski definition) is 4. The predicted molar refractivity (Wildman–Crippen MR) is 169 cm³/mol. The van der Waals surface area contributed by atoms with Crippen LogP contribution >= 0.6 is 0 Å². The van der Waals surface area contributed by atoms with E-state index in [0.29, 0.717) is 12.0 Å². The number of esters is 2. The molecule has 0 saturated heterocycles. The maximum atomic E-state index is 14.7. The first-order chi connectivity index (χ1) is 21.7. The first-order valence-corrected chi connectivity index (χ1v) is 15.6. The fourth-order valence-corrected chi connectivity index (χ4v) is 8.58. The van der Waals surface area contributed by atoms with E-state index in [2.05, 4.69) is 19.2 Å². The number of allylic oxidation sites excluding steroid dienone is 1. The van der Waals surface area contributed by atoms with Crippen LogP contribution in [0.2, 0.25) is 0 Å². The lowest BCUT2D eigenvalue weighted by molar-refractivity contribution is -0.191. The largest absolute Gasteiger partial charge is 0.461 e. The minimum absolute atomic E-state index is 0.0285. The molecule has 0 radical (unpaired) electrons. The second kappa shape index (κ2) is 10.9. The van der Waals surface area contributed by atoms with Crippen molar-refractivity contribution in [3.05, 3.63) is 83.0 Å². The van der Waals surface area contributed by atoms with E-state index < -0.39 is 52.9 Å². The molecule has 4 aliphatic carbocycles. The summed E-state index contributed by atoms with van der Waals surface area (Å²) in [6.07, 6.45) is 0.843. The number of benzene rings is 2. The quantitative estimate of drug-likeness (QED) is 0.210. The topological polar surface area (TPSA) is 165 Å². The third-order valence-corrected chi connectivity index (χ3v) is 11.0. The van der Waals surface area contributed by atoms with Crippen LogP contribution < -0.4 is 11.1 Å². The normalized spacial score (nSPS) is 33.7. The van der Waals surface area contributed by atoms with Crippen LogP contribution in [-0.2, 0) is 19.1 Å². The van der Waals surface area contributed by atoms with Crippen LogP contribution in [0.3, 0.4) is 0 Å². The van der Waals surface area contributed by atoms with Crippen LogP contribution in [0.15, 0.2) is 71.8 Å². The highest BCUT2D eigenvalue weighted by Crippen LogP contribution is 2.71. The number of aliphatic hydroxyl groups is 2. The van der Waals surface area contributed by atoms with E-state index in [9.17, 15) is 29.4 Å². The molecule has 0 unspecified atom stereocenters. The average Bonchev–Trinajstić information content (AvgIpc) is 3.51. The number of para-hydroxylation sites is 2. The molecule has 2 aromatic carbocycles. The molecule has 1 spiro atoms. The van der Waals surface area contributed by atoms with Crippen LogP contribution in [0, 0.1) is 34.5 Å². The summed E-state index contributed by atoms with van der Waals surface area (Å²) >= 11 is 0. The van der Waals surface area contributed by atoms with E-state index in [-0.39, 0.29) is 57.7 Å². The number of aliphatic hydroxyl groups excluding tert-OH is 1. The molecule has 0 aromatic heterocycles. The summed E-state index contributed by atoms with van der Waals surface area (Å²) in [5.41, 5.74) is 3.13. The van der Waals surface area contributed by atoms with Crippen molar-refractivity contribution in [2.24, 2.45) is 34.5 Å². The first-order valence-electron chi connectivity index (χ1n) is 15.6. The summed E-state index contributed by atoms with van der Waals surface area (Å²) in [7, 11) is 0. The third kappa shape index (κ3) is 4.52. The summed E-state index contributed by atoms with van der Waals surface area (Å²) < 4.78 is 11.6. The number of carbonyl (C=O) groups is 4. The van der Waals surface area contributed by atoms with Crippen LogP contribution in [0.1, 0.15) is 61.8 Å². The lowest BCUT2D eigenvalue weighted by Crippen LogP contribution is -2.66. The Morgan fingerprint density at radius 2 is 1.72 bits per heavy atom. The van der Waals surface area contributed by atoms with Gasteiger partial charge in [-0.15, -0.1) is 0 Å². The minimum atomic E-state index is -2.30. The van der Waals surface area contributed by atoms with Gasteiger partial charge in [0.05, 0.1) is 22.2 Å². The number of hydrogen-bond acceptors (Lipinski definition) is 9. The maximum Gasteiger partial charge on any atom is 0.340 e. The number of fused-ring (bicyclic) bond motifs is 3. The molecule has 2 fully saturated rings. The Morgan fingerprint density at radius 3 is 2.39 bits per heavy atom. The van der Waals surface area contributed by atoms with E-state index >= 15 is 0 Å². The molecule has 10 nitrogen and oxygen atoms in total.